The number of aryl methyl sites for hydroxylation is 1. The Morgan fingerprint density at radius 2 is 1.95 bits per heavy atom. The summed E-state index contributed by atoms with van der Waals surface area (Å²) >= 11 is 6.10. The maximum Gasteiger partial charge on any atom is 0.152 e. The lowest BCUT2D eigenvalue weighted by Crippen LogP contribution is -2.41. The van der Waals surface area contributed by atoms with Crippen LogP contribution < -0.4 is 5.32 Å². The van der Waals surface area contributed by atoms with E-state index in [2.05, 4.69) is 20.2 Å². The molecule has 0 bridgehead atoms. The Kier molecular flexibility index (Phi) is 6.00. The molecule has 1 aliphatic rings. The first-order chi connectivity index (χ1) is 10.4. The van der Waals surface area contributed by atoms with Gasteiger partial charge in [0.05, 0.1) is 11.5 Å². The highest BCUT2D eigenvalue weighted by Gasteiger charge is 2.20. The Bertz CT molecular complexity index is 608. The highest BCUT2D eigenvalue weighted by atomic mass is 35.5. The first-order valence-electron chi connectivity index (χ1n) is 7.61. The van der Waals surface area contributed by atoms with E-state index >= 15 is 0 Å². The molecule has 22 heavy (non-hydrogen) atoms. The molecule has 1 aromatic rings. The third-order valence-corrected chi connectivity index (χ3v) is 5.81. The molecule has 2 heterocycles. The number of anilines is 1. The summed E-state index contributed by atoms with van der Waals surface area (Å²) in [7, 11) is -2.80. The summed E-state index contributed by atoms with van der Waals surface area (Å²) < 4.78 is 22.8. The van der Waals surface area contributed by atoms with E-state index < -0.39 is 9.84 Å². The van der Waals surface area contributed by atoms with Crippen molar-refractivity contribution in [2.24, 2.45) is 0 Å². The van der Waals surface area contributed by atoms with Gasteiger partial charge in [-0.05, 0) is 19.9 Å². The van der Waals surface area contributed by atoms with Gasteiger partial charge in [-0.25, -0.2) is 18.4 Å². The van der Waals surface area contributed by atoms with Gasteiger partial charge < -0.3 is 10.2 Å². The van der Waals surface area contributed by atoms with E-state index in [1.54, 1.807) is 0 Å². The number of rotatable bonds is 6. The smallest absolute Gasteiger partial charge is 0.152 e. The van der Waals surface area contributed by atoms with E-state index in [1.807, 2.05) is 13.8 Å². The monoisotopic (exact) mass is 346 g/mol. The van der Waals surface area contributed by atoms with Gasteiger partial charge >= 0.3 is 0 Å². The molecule has 0 radical (unpaired) electrons. The van der Waals surface area contributed by atoms with Gasteiger partial charge in [0.25, 0.3) is 0 Å². The fourth-order valence-corrected chi connectivity index (χ4v) is 3.81. The molecule has 1 fully saturated rings. The second-order valence-electron chi connectivity index (χ2n) is 5.53. The highest BCUT2D eigenvalue weighted by Crippen LogP contribution is 2.20. The summed E-state index contributed by atoms with van der Waals surface area (Å²) in [6.07, 6.45) is 1.68. The van der Waals surface area contributed by atoms with Crippen LogP contribution in [-0.2, 0) is 16.3 Å². The highest BCUT2D eigenvalue weighted by molar-refractivity contribution is 7.91. The zero-order valence-corrected chi connectivity index (χ0v) is 14.7. The van der Waals surface area contributed by atoms with Crippen LogP contribution in [0.25, 0.3) is 0 Å². The summed E-state index contributed by atoms with van der Waals surface area (Å²) in [5.41, 5.74) is 0.864. The molecule has 2 rings (SSSR count). The molecular weight excluding hydrogens is 324 g/mol. The molecular formula is C14H23ClN4O2S. The summed E-state index contributed by atoms with van der Waals surface area (Å²) in [4.78, 5) is 10.9. The Balaban J connectivity index is 1.79. The van der Waals surface area contributed by atoms with E-state index in [9.17, 15) is 8.42 Å². The first-order valence-corrected chi connectivity index (χ1v) is 9.81. The van der Waals surface area contributed by atoms with E-state index in [0.29, 0.717) is 18.2 Å². The van der Waals surface area contributed by atoms with Crippen molar-refractivity contribution in [1.29, 1.82) is 0 Å². The average Bonchev–Trinajstić information content (AvgIpc) is 2.48. The van der Waals surface area contributed by atoms with Crippen molar-refractivity contribution in [3.63, 3.8) is 0 Å². The van der Waals surface area contributed by atoms with Crippen LogP contribution >= 0.6 is 11.6 Å². The van der Waals surface area contributed by atoms with Crippen LogP contribution in [-0.4, -0.2) is 61.0 Å². The predicted molar refractivity (Wildman–Crippen MR) is 89.4 cm³/mol. The molecule has 1 N–H and O–H groups in total. The zero-order chi connectivity index (χ0) is 16.2. The predicted octanol–water partition coefficient (Wildman–Crippen LogP) is 1.53. The lowest BCUT2D eigenvalue weighted by molar-refractivity contribution is 0.294. The third-order valence-electron chi connectivity index (χ3n) is 3.83. The lowest BCUT2D eigenvalue weighted by atomic mass is 10.3. The number of sulfone groups is 1. The normalized spacial score (nSPS) is 18.3. The second-order valence-corrected chi connectivity index (χ2v) is 8.19. The number of hydrogen-bond donors (Lipinski definition) is 1. The van der Waals surface area contributed by atoms with Gasteiger partial charge in [0.15, 0.2) is 9.84 Å². The van der Waals surface area contributed by atoms with Gasteiger partial charge in [-0.1, -0.05) is 18.5 Å². The number of aromatic nitrogens is 2. The summed E-state index contributed by atoms with van der Waals surface area (Å²) in [6.45, 7) is 6.84. The van der Waals surface area contributed by atoms with Crippen LogP contribution in [0.4, 0.5) is 5.82 Å². The van der Waals surface area contributed by atoms with Gasteiger partial charge in [-0.2, -0.15) is 0 Å². The molecule has 124 valence electrons. The van der Waals surface area contributed by atoms with E-state index in [0.717, 1.165) is 43.1 Å². The molecule has 6 nitrogen and oxygen atoms in total. The molecule has 0 spiro atoms. The van der Waals surface area contributed by atoms with Crippen molar-refractivity contribution in [2.75, 3.05) is 43.0 Å². The Hall–Kier alpha value is -0.920. The first kappa shape index (κ1) is 17.4. The number of nitrogens with one attached hydrogen (secondary N) is 1. The third kappa shape index (κ3) is 4.79. The SMILES string of the molecule is CCc1nc(Cl)c(C)c(NCCCN2CCS(=O)(=O)CC2)n1. The van der Waals surface area contributed by atoms with Crippen LogP contribution in [0.1, 0.15) is 24.7 Å². The summed E-state index contributed by atoms with van der Waals surface area (Å²) in [6, 6.07) is 0. The topological polar surface area (TPSA) is 75.2 Å². The standard InChI is InChI=1S/C14H23ClN4O2S/c1-3-12-17-13(15)11(2)14(18-12)16-5-4-6-19-7-9-22(20,21)10-8-19/h3-10H2,1-2H3,(H,16,17,18). The molecule has 0 aliphatic carbocycles. The van der Waals surface area contributed by atoms with Crippen molar-refractivity contribution in [3.8, 4) is 0 Å². The van der Waals surface area contributed by atoms with Crippen LogP contribution in [0.15, 0.2) is 0 Å². The summed E-state index contributed by atoms with van der Waals surface area (Å²) in [5, 5.41) is 3.80. The Morgan fingerprint density at radius 1 is 1.27 bits per heavy atom. The zero-order valence-electron chi connectivity index (χ0n) is 13.1. The van der Waals surface area contributed by atoms with Crippen LogP contribution in [0, 0.1) is 6.92 Å². The van der Waals surface area contributed by atoms with Crippen molar-refractivity contribution in [3.05, 3.63) is 16.5 Å². The molecule has 0 aromatic carbocycles. The minimum Gasteiger partial charge on any atom is -0.370 e. The lowest BCUT2D eigenvalue weighted by Gasteiger charge is -2.26. The van der Waals surface area contributed by atoms with Crippen molar-refractivity contribution in [1.82, 2.24) is 14.9 Å². The van der Waals surface area contributed by atoms with Crippen molar-refractivity contribution < 1.29 is 8.42 Å². The van der Waals surface area contributed by atoms with Gasteiger partial charge in [0.2, 0.25) is 0 Å². The molecule has 0 unspecified atom stereocenters. The number of nitrogens with zero attached hydrogens (tertiary/aromatic N) is 3. The van der Waals surface area contributed by atoms with E-state index in [-0.39, 0.29) is 11.5 Å². The fraction of sp³-hybridized carbons (Fsp3) is 0.714. The molecule has 0 saturated carbocycles. The molecule has 1 saturated heterocycles. The number of halogens is 1. The van der Waals surface area contributed by atoms with Crippen molar-refractivity contribution in [2.45, 2.75) is 26.7 Å². The second kappa shape index (κ2) is 7.57. The quantitative estimate of drug-likeness (QED) is 0.622. The van der Waals surface area contributed by atoms with Gasteiger partial charge in [0, 0.05) is 31.6 Å². The Morgan fingerprint density at radius 3 is 2.59 bits per heavy atom. The van der Waals surface area contributed by atoms with Crippen LogP contribution in [0.3, 0.4) is 0 Å². The van der Waals surface area contributed by atoms with Gasteiger partial charge in [-0.15, -0.1) is 0 Å². The largest absolute Gasteiger partial charge is 0.370 e. The number of hydrogen-bond acceptors (Lipinski definition) is 6. The van der Waals surface area contributed by atoms with Crippen molar-refractivity contribution >= 4 is 27.3 Å². The molecule has 1 aromatic heterocycles. The summed E-state index contributed by atoms with van der Waals surface area (Å²) in [5.74, 6) is 2.08. The average molecular weight is 347 g/mol. The minimum atomic E-state index is -2.80. The van der Waals surface area contributed by atoms with Crippen LogP contribution in [0.5, 0.6) is 0 Å². The minimum absolute atomic E-state index is 0.279. The molecule has 1 aliphatic heterocycles. The molecule has 0 amide bonds. The Labute approximate surface area is 137 Å². The fourth-order valence-electron chi connectivity index (χ4n) is 2.35. The van der Waals surface area contributed by atoms with Gasteiger partial charge in [0.1, 0.15) is 16.8 Å². The maximum atomic E-state index is 11.4. The van der Waals surface area contributed by atoms with E-state index in [4.69, 9.17) is 11.6 Å². The maximum absolute atomic E-state index is 11.4. The molecule has 0 atom stereocenters. The molecule has 8 heteroatoms. The van der Waals surface area contributed by atoms with Gasteiger partial charge in [-0.3, -0.25) is 0 Å². The van der Waals surface area contributed by atoms with Crippen LogP contribution in [0.2, 0.25) is 5.15 Å². The van der Waals surface area contributed by atoms with E-state index in [1.165, 1.54) is 0 Å².